The molecule has 104 valence electrons. The van der Waals surface area contributed by atoms with Crippen LogP contribution in [0.1, 0.15) is 35.4 Å². The molecule has 1 aliphatic carbocycles. The van der Waals surface area contributed by atoms with Crippen molar-refractivity contribution in [2.75, 3.05) is 6.54 Å². The Hall–Kier alpha value is -1.60. The number of nitrogens with one attached hydrogen (secondary N) is 1. The molecule has 0 aliphatic heterocycles. The third-order valence-corrected chi connectivity index (χ3v) is 4.10. The van der Waals surface area contributed by atoms with E-state index in [1.165, 1.54) is 29.5 Å². The summed E-state index contributed by atoms with van der Waals surface area (Å²) in [4.78, 5) is 0. The van der Waals surface area contributed by atoms with Crippen LogP contribution < -0.4 is 5.32 Å². The van der Waals surface area contributed by atoms with Crippen LogP contribution in [0.15, 0.2) is 54.6 Å². The second-order valence-corrected chi connectivity index (χ2v) is 5.98. The van der Waals surface area contributed by atoms with Crippen LogP contribution in [-0.4, -0.2) is 12.6 Å². The van der Waals surface area contributed by atoms with Crippen LogP contribution in [0.25, 0.3) is 0 Å². The van der Waals surface area contributed by atoms with Crippen LogP contribution in [-0.2, 0) is 6.42 Å². The van der Waals surface area contributed by atoms with Crippen LogP contribution in [0.3, 0.4) is 0 Å². The Morgan fingerprint density at radius 2 is 1.70 bits per heavy atom. The molecule has 1 saturated carbocycles. The number of rotatable bonds is 6. The maximum absolute atomic E-state index is 3.69. The van der Waals surface area contributed by atoms with E-state index in [1.807, 2.05) is 0 Å². The molecule has 0 amide bonds. The van der Waals surface area contributed by atoms with E-state index in [0.717, 1.165) is 19.0 Å². The van der Waals surface area contributed by atoms with E-state index < -0.39 is 0 Å². The number of aryl methyl sites for hydroxylation is 1. The second-order valence-electron chi connectivity index (χ2n) is 5.98. The Balaban J connectivity index is 1.72. The standard InChI is InChI=1S/C19H23N/c1-15-7-9-16(10-8-15)13-18(14-20-19-11-12-19)17-5-3-2-4-6-17/h2-10,18-20H,11-14H2,1H3. The maximum Gasteiger partial charge on any atom is 0.00684 e. The molecule has 0 bridgehead atoms. The third kappa shape index (κ3) is 3.71. The molecule has 1 N–H and O–H groups in total. The summed E-state index contributed by atoms with van der Waals surface area (Å²) in [7, 11) is 0. The molecule has 0 aromatic heterocycles. The lowest BCUT2D eigenvalue weighted by Crippen LogP contribution is -2.24. The molecule has 2 aromatic rings. The van der Waals surface area contributed by atoms with Gasteiger partial charge in [-0.3, -0.25) is 0 Å². The van der Waals surface area contributed by atoms with Crippen molar-refractivity contribution in [2.24, 2.45) is 0 Å². The summed E-state index contributed by atoms with van der Waals surface area (Å²) in [6.07, 6.45) is 3.82. The van der Waals surface area contributed by atoms with Crippen molar-refractivity contribution in [3.05, 3.63) is 71.3 Å². The average Bonchev–Trinajstić information content (AvgIpc) is 3.31. The summed E-state index contributed by atoms with van der Waals surface area (Å²) in [5, 5.41) is 3.69. The van der Waals surface area contributed by atoms with E-state index in [2.05, 4.69) is 66.8 Å². The molecule has 0 heterocycles. The molecule has 1 fully saturated rings. The molecular weight excluding hydrogens is 242 g/mol. The second kappa shape index (κ2) is 6.23. The zero-order valence-electron chi connectivity index (χ0n) is 12.2. The van der Waals surface area contributed by atoms with Gasteiger partial charge in [0.05, 0.1) is 0 Å². The Kier molecular flexibility index (Phi) is 4.17. The molecule has 2 aromatic carbocycles. The smallest absolute Gasteiger partial charge is 0.00684 e. The van der Waals surface area contributed by atoms with Crippen LogP contribution in [0, 0.1) is 6.92 Å². The number of hydrogen-bond acceptors (Lipinski definition) is 1. The molecule has 1 nitrogen and oxygen atoms in total. The molecule has 1 unspecified atom stereocenters. The predicted molar refractivity (Wildman–Crippen MR) is 85.1 cm³/mol. The lowest BCUT2D eigenvalue weighted by Gasteiger charge is -2.18. The van der Waals surface area contributed by atoms with Crippen molar-refractivity contribution in [1.82, 2.24) is 5.32 Å². The fourth-order valence-electron chi connectivity index (χ4n) is 2.64. The zero-order chi connectivity index (χ0) is 13.8. The predicted octanol–water partition coefficient (Wildman–Crippen LogP) is 4.07. The highest BCUT2D eigenvalue weighted by molar-refractivity contribution is 5.26. The molecule has 20 heavy (non-hydrogen) atoms. The Morgan fingerprint density at radius 1 is 1.00 bits per heavy atom. The molecule has 0 radical (unpaired) electrons. The maximum atomic E-state index is 3.69. The molecule has 0 spiro atoms. The molecular formula is C19H23N. The first-order chi connectivity index (χ1) is 9.81. The van der Waals surface area contributed by atoms with Gasteiger partial charge in [0.2, 0.25) is 0 Å². The molecule has 1 aliphatic rings. The normalized spacial score (nSPS) is 16.1. The number of benzene rings is 2. The van der Waals surface area contributed by atoms with Crippen molar-refractivity contribution < 1.29 is 0 Å². The summed E-state index contributed by atoms with van der Waals surface area (Å²) in [5.74, 6) is 0.569. The van der Waals surface area contributed by atoms with E-state index in [-0.39, 0.29) is 0 Å². The highest BCUT2D eigenvalue weighted by Gasteiger charge is 2.22. The monoisotopic (exact) mass is 265 g/mol. The van der Waals surface area contributed by atoms with Gasteiger partial charge >= 0.3 is 0 Å². The fourth-order valence-corrected chi connectivity index (χ4v) is 2.64. The van der Waals surface area contributed by atoms with Crippen molar-refractivity contribution in [2.45, 2.75) is 38.1 Å². The summed E-state index contributed by atoms with van der Waals surface area (Å²) >= 11 is 0. The van der Waals surface area contributed by atoms with E-state index in [0.29, 0.717) is 5.92 Å². The van der Waals surface area contributed by atoms with Crippen molar-refractivity contribution in [1.29, 1.82) is 0 Å². The Morgan fingerprint density at radius 3 is 2.35 bits per heavy atom. The van der Waals surface area contributed by atoms with Crippen LogP contribution >= 0.6 is 0 Å². The minimum Gasteiger partial charge on any atom is -0.313 e. The largest absolute Gasteiger partial charge is 0.313 e. The minimum absolute atomic E-state index is 0.569. The van der Waals surface area contributed by atoms with Crippen molar-refractivity contribution in [3.8, 4) is 0 Å². The van der Waals surface area contributed by atoms with Gasteiger partial charge in [0.25, 0.3) is 0 Å². The van der Waals surface area contributed by atoms with Gasteiger partial charge in [-0.2, -0.15) is 0 Å². The lowest BCUT2D eigenvalue weighted by molar-refractivity contribution is 0.577. The quantitative estimate of drug-likeness (QED) is 0.830. The topological polar surface area (TPSA) is 12.0 Å². The highest BCUT2D eigenvalue weighted by atomic mass is 14.9. The molecule has 3 rings (SSSR count). The van der Waals surface area contributed by atoms with E-state index in [1.54, 1.807) is 0 Å². The Bertz CT molecular complexity index is 525. The Labute approximate surface area is 122 Å². The van der Waals surface area contributed by atoms with E-state index >= 15 is 0 Å². The van der Waals surface area contributed by atoms with Crippen molar-refractivity contribution in [3.63, 3.8) is 0 Å². The fraction of sp³-hybridized carbons (Fsp3) is 0.368. The van der Waals surface area contributed by atoms with Crippen LogP contribution in [0.5, 0.6) is 0 Å². The van der Waals surface area contributed by atoms with Gasteiger partial charge in [0.15, 0.2) is 0 Å². The van der Waals surface area contributed by atoms with Gasteiger partial charge in [-0.25, -0.2) is 0 Å². The molecule has 1 atom stereocenters. The lowest BCUT2D eigenvalue weighted by atomic mass is 9.91. The van der Waals surface area contributed by atoms with Gasteiger partial charge in [-0.1, -0.05) is 60.2 Å². The van der Waals surface area contributed by atoms with Crippen LogP contribution in [0.2, 0.25) is 0 Å². The average molecular weight is 265 g/mol. The summed E-state index contributed by atoms with van der Waals surface area (Å²) in [6, 6.07) is 20.6. The highest BCUT2D eigenvalue weighted by Crippen LogP contribution is 2.24. The molecule has 0 saturated heterocycles. The van der Waals surface area contributed by atoms with Gasteiger partial charge in [-0.05, 0) is 37.3 Å². The summed E-state index contributed by atoms with van der Waals surface area (Å²) < 4.78 is 0. The first-order valence-electron chi connectivity index (χ1n) is 7.65. The van der Waals surface area contributed by atoms with Gasteiger partial charge in [0, 0.05) is 18.5 Å². The SMILES string of the molecule is Cc1ccc(CC(CNC2CC2)c2ccccc2)cc1. The third-order valence-electron chi connectivity index (χ3n) is 4.10. The van der Waals surface area contributed by atoms with Crippen molar-refractivity contribution >= 4 is 0 Å². The molecule has 1 heteroatoms. The summed E-state index contributed by atoms with van der Waals surface area (Å²) in [5.41, 5.74) is 4.21. The van der Waals surface area contributed by atoms with Gasteiger partial charge in [0.1, 0.15) is 0 Å². The van der Waals surface area contributed by atoms with Gasteiger partial charge < -0.3 is 5.32 Å². The first kappa shape index (κ1) is 13.4. The van der Waals surface area contributed by atoms with E-state index in [9.17, 15) is 0 Å². The number of hydrogen-bond donors (Lipinski definition) is 1. The van der Waals surface area contributed by atoms with Crippen LogP contribution in [0.4, 0.5) is 0 Å². The first-order valence-corrected chi connectivity index (χ1v) is 7.65. The minimum atomic E-state index is 0.569. The van der Waals surface area contributed by atoms with E-state index in [4.69, 9.17) is 0 Å². The van der Waals surface area contributed by atoms with Gasteiger partial charge in [-0.15, -0.1) is 0 Å². The summed E-state index contributed by atoms with van der Waals surface area (Å²) in [6.45, 7) is 3.23. The zero-order valence-corrected chi connectivity index (χ0v) is 12.2.